The van der Waals surface area contributed by atoms with Gasteiger partial charge in [0.15, 0.2) is 0 Å². The number of halogens is 1. The fourth-order valence-corrected chi connectivity index (χ4v) is 4.01. The van der Waals surface area contributed by atoms with E-state index in [1.165, 1.54) is 16.0 Å². The van der Waals surface area contributed by atoms with Crippen LogP contribution in [-0.4, -0.2) is 20.0 Å². The average molecular weight is 343 g/mol. The molecule has 0 N–H and O–H groups in total. The Balaban J connectivity index is 2.08. The van der Waals surface area contributed by atoms with Gasteiger partial charge in [-0.25, -0.2) is 4.98 Å². The lowest BCUT2D eigenvalue weighted by Gasteiger charge is -2.03. The van der Waals surface area contributed by atoms with Crippen LogP contribution in [0.3, 0.4) is 0 Å². The SMILES string of the molecule is Cc1cc(C)c2c(n1)sc1c(=O)n(-c3cccc(Cl)c3)nnc12. The molecule has 23 heavy (non-hydrogen) atoms. The average Bonchev–Trinajstić information content (AvgIpc) is 2.87. The third-order valence-corrected chi connectivity index (χ3v) is 4.93. The minimum Gasteiger partial charge on any atom is -0.266 e. The monoisotopic (exact) mass is 342 g/mol. The summed E-state index contributed by atoms with van der Waals surface area (Å²) in [7, 11) is 0. The number of fused-ring (bicyclic) bond motifs is 3. The van der Waals surface area contributed by atoms with Gasteiger partial charge in [0.25, 0.3) is 5.56 Å². The van der Waals surface area contributed by atoms with E-state index in [-0.39, 0.29) is 5.56 Å². The van der Waals surface area contributed by atoms with Gasteiger partial charge >= 0.3 is 0 Å². The summed E-state index contributed by atoms with van der Waals surface area (Å²) < 4.78 is 1.82. The van der Waals surface area contributed by atoms with E-state index in [0.29, 0.717) is 20.9 Å². The van der Waals surface area contributed by atoms with Crippen LogP contribution >= 0.6 is 22.9 Å². The Kier molecular flexibility index (Phi) is 3.18. The van der Waals surface area contributed by atoms with Crippen molar-refractivity contribution >= 4 is 43.4 Å². The largest absolute Gasteiger partial charge is 0.292 e. The molecule has 0 fully saturated rings. The topological polar surface area (TPSA) is 60.7 Å². The molecule has 0 unspecified atom stereocenters. The van der Waals surface area contributed by atoms with Crippen molar-refractivity contribution < 1.29 is 0 Å². The zero-order valence-electron chi connectivity index (χ0n) is 12.4. The highest BCUT2D eigenvalue weighted by Gasteiger charge is 2.16. The van der Waals surface area contributed by atoms with Gasteiger partial charge in [-0.15, -0.1) is 16.4 Å². The summed E-state index contributed by atoms with van der Waals surface area (Å²) in [5, 5.41) is 9.79. The molecule has 0 aliphatic rings. The number of rotatable bonds is 1. The third kappa shape index (κ3) is 2.22. The van der Waals surface area contributed by atoms with Crippen LogP contribution in [0.5, 0.6) is 0 Å². The Hall–Kier alpha value is -2.31. The van der Waals surface area contributed by atoms with Crippen molar-refractivity contribution in [2.24, 2.45) is 0 Å². The van der Waals surface area contributed by atoms with E-state index < -0.39 is 0 Å². The summed E-state index contributed by atoms with van der Waals surface area (Å²) >= 11 is 7.35. The van der Waals surface area contributed by atoms with Crippen molar-refractivity contribution in [1.82, 2.24) is 20.0 Å². The molecule has 0 saturated carbocycles. The second kappa shape index (κ2) is 5.11. The molecule has 0 bridgehead atoms. The second-order valence-electron chi connectivity index (χ2n) is 5.33. The Morgan fingerprint density at radius 2 is 2.04 bits per heavy atom. The molecular weight excluding hydrogens is 332 g/mol. The van der Waals surface area contributed by atoms with Gasteiger partial charge in [-0.3, -0.25) is 4.79 Å². The summed E-state index contributed by atoms with van der Waals surface area (Å²) in [4.78, 5) is 18.1. The smallest absolute Gasteiger partial charge is 0.266 e. The molecule has 4 aromatic rings. The van der Waals surface area contributed by atoms with Crippen molar-refractivity contribution in [2.75, 3.05) is 0 Å². The highest BCUT2D eigenvalue weighted by Crippen LogP contribution is 2.31. The van der Waals surface area contributed by atoms with Gasteiger partial charge in [0.1, 0.15) is 15.0 Å². The van der Waals surface area contributed by atoms with Crippen LogP contribution in [-0.2, 0) is 0 Å². The van der Waals surface area contributed by atoms with Gasteiger partial charge in [0.05, 0.1) is 5.69 Å². The van der Waals surface area contributed by atoms with Crippen LogP contribution in [0.25, 0.3) is 26.1 Å². The van der Waals surface area contributed by atoms with Gasteiger partial charge in [0, 0.05) is 16.1 Å². The summed E-state index contributed by atoms with van der Waals surface area (Å²) in [6, 6.07) is 8.96. The van der Waals surface area contributed by atoms with E-state index in [2.05, 4.69) is 15.3 Å². The number of aromatic nitrogens is 4. The zero-order valence-corrected chi connectivity index (χ0v) is 13.9. The lowest BCUT2D eigenvalue weighted by Crippen LogP contribution is -2.21. The van der Waals surface area contributed by atoms with Gasteiger partial charge in [-0.2, -0.15) is 4.68 Å². The molecule has 114 valence electrons. The van der Waals surface area contributed by atoms with Crippen LogP contribution in [0.15, 0.2) is 35.1 Å². The quantitative estimate of drug-likeness (QED) is 0.529. The van der Waals surface area contributed by atoms with Crippen LogP contribution in [0.4, 0.5) is 0 Å². The molecule has 3 heterocycles. The predicted octanol–water partition coefficient (Wildman–Crippen LogP) is 3.66. The molecule has 0 aliphatic carbocycles. The standard InChI is InChI=1S/C16H11ClN4OS/c1-8-6-9(2)18-15-12(8)13-14(23-15)16(22)21(20-19-13)11-5-3-4-10(17)7-11/h3-7H,1-2H3. The summed E-state index contributed by atoms with van der Waals surface area (Å²) in [6.07, 6.45) is 0. The zero-order chi connectivity index (χ0) is 16.1. The molecular formula is C16H11ClN4OS. The summed E-state index contributed by atoms with van der Waals surface area (Å²) in [5.41, 5.74) is 2.96. The first-order chi connectivity index (χ1) is 11.0. The number of aryl methyl sites for hydroxylation is 2. The van der Waals surface area contributed by atoms with Crippen LogP contribution in [0.2, 0.25) is 5.02 Å². The van der Waals surface area contributed by atoms with Crippen LogP contribution in [0, 0.1) is 13.8 Å². The van der Waals surface area contributed by atoms with E-state index in [1.807, 2.05) is 19.9 Å². The minimum absolute atomic E-state index is 0.211. The van der Waals surface area contributed by atoms with E-state index in [1.54, 1.807) is 24.3 Å². The third-order valence-electron chi connectivity index (χ3n) is 3.64. The van der Waals surface area contributed by atoms with E-state index >= 15 is 0 Å². The molecule has 0 atom stereocenters. The number of nitrogens with zero attached hydrogens (tertiary/aromatic N) is 4. The predicted molar refractivity (Wildman–Crippen MR) is 92.8 cm³/mol. The highest BCUT2D eigenvalue weighted by atomic mass is 35.5. The maximum atomic E-state index is 12.8. The van der Waals surface area contributed by atoms with Crippen molar-refractivity contribution in [1.29, 1.82) is 0 Å². The van der Waals surface area contributed by atoms with Crippen molar-refractivity contribution in [3.8, 4) is 5.69 Å². The Morgan fingerprint density at radius 1 is 1.22 bits per heavy atom. The van der Waals surface area contributed by atoms with E-state index in [9.17, 15) is 4.79 Å². The molecule has 7 heteroatoms. The normalized spacial score (nSPS) is 11.4. The number of thiophene rings is 1. The van der Waals surface area contributed by atoms with Crippen LogP contribution < -0.4 is 5.56 Å². The molecule has 0 aliphatic heterocycles. The van der Waals surface area contributed by atoms with E-state index in [4.69, 9.17) is 11.6 Å². The molecule has 4 rings (SSSR count). The molecule has 3 aromatic heterocycles. The maximum Gasteiger partial charge on any atom is 0.292 e. The first kappa shape index (κ1) is 14.3. The number of benzene rings is 1. The first-order valence-electron chi connectivity index (χ1n) is 6.97. The first-order valence-corrected chi connectivity index (χ1v) is 8.16. The molecule has 0 spiro atoms. The summed E-state index contributed by atoms with van der Waals surface area (Å²) in [5.74, 6) is 0. The van der Waals surface area contributed by atoms with E-state index in [0.717, 1.165) is 21.5 Å². The lowest BCUT2D eigenvalue weighted by atomic mass is 10.1. The molecule has 0 radical (unpaired) electrons. The second-order valence-corrected chi connectivity index (χ2v) is 6.76. The fraction of sp³-hybridized carbons (Fsp3) is 0.125. The van der Waals surface area contributed by atoms with Crippen LogP contribution in [0.1, 0.15) is 11.3 Å². The number of hydrogen-bond donors (Lipinski definition) is 0. The molecule has 5 nitrogen and oxygen atoms in total. The Morgan fingerprint density at radius 3 is 2.83 bits per heavy atom. The van der Waals surface area contributed by atoms with Crippen molar-refractivity contribution in [3.63, 3.8) is 0 Å². The minimum atomic E-state index is -0.211. The van der Waals surface area contributed by atoms with Crippen molar-refractivity contribution in [2.45, 2.75) is 13.8 Å². The van der Waals surface area contributed by atoms with Gasteiger partial charge < -0.3 is 0 Å². The highest BCUT2D eigenvalue weighted by molar-refractivity contribution is 7.25. The summed E-state index contributed by atoms with van der Waals surface area (Å²) in [6.45, 7) is 3.93. The molecule has 1 aromatic carbocycles. The van der Waals surface area contributed by atoms with Crippen molar-refractivity contribution in [3.05, 3.63) is 57.0 Å². The van der Waals surface area contributed by atoms with Gasteiger partial charge in [0.2, 0.25) is 0 Å². The molecule has 0 saturated heterocycles. The Labute approximate surface area is 140 Å². The Bertz CT molecular complexity index is 1130. The van der Waals surface area contributed by atoms with Gasteiger partial charge in [-0.05, 0) is 43.7 Å². The number of hydrogen-bond acceptors (Lipinski definition) is 5. The number of pyridine rings is 1. The maximum absolute atomic E-state index is 12.8. The molecule has 0 amide bonds. The lowest BCUT2D eigenvalue weighted by molar-refractivity contribution is 0.740. The van der Waals surface area contributed by atoms with Gasteiger partial charge in [-0.1, -0.05) is 22.9 Å². The fourth-order valence-electron chi connectivity index (χ4n) is 2.67.